The molecule has 3 aromatic carbocycles. The summed E-state index contributed by atoms with van der Waals surface area (Å²) in [5.74, 6) is -0.212. The molecule has 5 aromatic rings. The Morgan fingerprint density at radius 3 is 1.97 bits per heavy atom. The number of carbonyl (C=O) groups is 2. The molecule has 164 valence electrons. The summed E-state index contributed by atoms with van der Waals surface area (Å²) in [6.45, 7) is 0. The average molecular weight is 502 g/mol. The van der Waals surface area contributed by atoms with Gasteiger partial charge in [-0.05, 0) is 41.5 Å². The van der Waals surface area contributed by atoms with E-state index in [2.05, 4.69) is 17.1 Å². The van der Waals surface area contributed by atoms with Gasteiger partial charge in [-0.15, -0.1) is 11.3 Å². The lowest BCUT2D eigenvalue weighted by molar-refractivity contribution is 0.0990. The van der Waals surface area contributed by atoms with Crippen molar-refractivity contribution in [1.29, 1.82) is 0 Å². The molecule has 0 amide bonds. The van der Waals surface area contributed by atoms with Gasteiger partial charge in [0.2, 0.25) is 5.89 Å². The maximum absolute atomic E-state index is 12.8. The number of ketones is 2. The molecule has 0 atom stereocenters. The van der Waals surface area contributed by atoms with Crippen molar-refractivity contribution >= 4 is 62.6 Å². The molecule has 0 bridgehead atoms. The van der Waals surface area contributed by atoms with Crippen LogP contribution in [0.5, 0.6) is 0 Å². The van der Waals surface area contributed by atoms with E-state index < -0.39 is 0 Å². The summed E-state index contributed by atoms with van der Waals surface area (Å²) in [6, 6.07) is 22.8. The number of Topliss-reactive ketones (excluding diaryl/α,β-unsaturated/α-hetero) is 2. The lowest BCUT2D eigenvalue weighted by Crippen LogP contribution is -1.99. The van der Waals surface area contributed by atoms with Crippen LogP contribution in [0.25, 0.3) is 39.1 Å². The minimum Gasteiger partial charge on any atom is -0.435 e. The van der Waals surface area contributed by atoms with Crippen molar-refractivity contribution in [3.63, 3.8) is 0 Å². The highest BCUT2D eigenvalue weighted by molar-refractivity contribution is 7.19. The van der Waals surface area contributed by atoms with E-state index in [0.29, 0.717) is 21.2 Å². The number of halogens is 2. The van der Waals surface area contributed by atoms with Crippen molar-refractivity contribution in [2.24, 2.45) is 0 Å². The molecule has 0 N–H and O–H groups in total. The molecule has 34 heavy (non-hydrogen) atoms. The lowest BCUT2D eigenvalue weighted by Gasteiger charge is -2.02. The van der Waals surface area contributed by atoms with Crippen LogP contribution in [0.1, 0.15) is 25.6 Å². The quantitative estimate of drug-likeness (QED) is 0.185. The van der Waals surface area contributed by atoms with Gasteiger partial charge in [0.1, 0.15) is 0 Å². The fourth-order valence-electron chi connectivity index (χ4n) is 3.97. The summed E-state index contributed by atoms with van der Waals surface area (Å²) in [6.07, 6.45) is 1.57. The molecule has 2 heterocycles. The highest BCUT2D eigenvalue weighted by atomic mass is 35.5. The lowest BCUT2D eigenvalue weighted by atomic mass is 10.0. The molecule has 0 unspecified atom stereocenters. The van der Waals surface area contributed by atoms with E-state index in [1.54, 1.807) is 12.1 Å². The third-order valence-corrected chi connectivity index (χ3v) is 7.35. The molecule has 0 spiro atoms. The van der Waals surface area contributed by atoms with E-state index in [1.165, 1.54) is 23.5 Å². The Morgan fingerprint density at radius 1 is 0.765 bits per heavy atom. The van der Waals surface area contributed by atoms with Crippen molar-refractivity contribution in [3.8, 4) is 22.6 Å². The van der Waals surface area contributed by atoms with E-state index in [0.717, 1.165) is 16.7 Å². The van der Waals surface area contributed by atoms with Gasteiger partial charge in [-0.1, -0.05) is 65.7 Å². The van der Waals surface area contributed by atoms with Crippen LogP contribution in [-0.2, 0) is 0 Å². The Kier molecular flexibility index (Phi) is 4.99. The largest absolute Gasteiger partial charge is 0.435 e. The molecule has 7 heteroatoms. The molecule has 0 fully saturated rings. The highest BCUT2D eigenvalue weighted by Crippen LogP contribution is 2.36. The molecular formula is C27H13Cl2NO3S. The van der Waals surface area contributed by atoms with E-state index in [4.69, 9.17) is 27.6 Å². The molecule has 0 saturated heterocycles. The van der Waals surface area contributed by atoms with Gasteiger partial charge in [0, 0.05) is 27.6 Å². The van der Waals surface area contributed by atoms with Crippen molar-refractivity contribution in [1.82, 2.24) is 4.98 Å². The summed E-state index contributed by atoms with van der Waals surface area (Å²) in [5.41, 5.74) is 4.34. The van der Waals surface area contributed by atoms with Gasteiger partial charge in [-0.25, -0.2) is 0 Å². The summed E-state index contributed by atoms with van der Waals surface area (Å²) in [4.78, 5) is 31.5. The first-order chi connectivity index (χ1) is 16.5. The number of fused-ring (bicyclic) bond motifs is 2. The molecule has 2 aromatic heterocycles. The maximum Gasteiger partial charge on any atom is 0.228 e. The van der Waals surface area contributed by atoms with Crippen LogP contribution in [0, 0.1) is 0 Å². The van der Waals surface area contributed by atoms with Gasteiger partial charge >= 0.3 is 0 Å². The second-order valence-electron chi connectivity index (χ2n) is 7.81. The third-order valence-electron chi connectivity index (χ3n) is 5.67. The molecule has 0 aliphatic heterocycles. The van der Waals surface area contributed by atoms with Gasteiger partial charge in [0.05, 0.1) is 15.6 Å². The number of aromatic nitrogens is 1. The van der Waals surface area contributed by atoms with Gasteiger partial charge in [0.15, 0.2) is 22.0 Å². The smallest absolute Gasteiger partial charge is 0.228 e. The number of carbonyl (C=O) groups excluding carboxylic acids is 2. The van der Waals surface area contributed by atoms with Crippen LogP contribution in [0.15, 0.2) is 82.8 Å². The molecular weight excluding hydrogens is 489 g/mol. The number of oxazole rings is 1. The van der Waals surface area contributed by atoms with Crippen LogP contribution < -0.4 is 0 Å². The minimum absolute atomic E-state index is 0.0777. The van der Waals surface area contributed by atoms with E-state index in [-0.39, 0.29) is 38.3 Å². The second-order valence-corrected chi connectivity index (χ2v) is 9.69. The first-order valence-corrected chi connectivity index (χ1v) is 11.9. The summed E-state index contributed by atoms with van der Waals surface area (Å²) < 4.78 is 5.96. The summed E-state index contributed by atoms with van der Waals surface area (Å²) >= 11 is 13.4. The third kappa shape index (κ3) is 3.49. The van der Waals surface area contributed by atoms with Gasteiger partial charge in [-0.3, -0.25) is 9.59 Å². The zero-order valence-electron chi connectivity index (χ0n) is 17.3. The van der Waals surface area contributed by atoms with Crippen LogP contribution >= 0.6 is 34.5 Å². The Labute approximate surface area is 208 Å². The minimum atomic E-state index is -0.365. The fraction of sp³-hybridized carbons (Fsp3) is 0. The molecule has 1 aliphatic rings. The highest BCUT2D eigenvalue weighted by Gasteiger charge is 2.34. The van der Waals surface area contributed by atoms with Crippen LogP contribution in [0.2, 0.25) is 10.0 Å². The number of nitrogens with zero attached hydrogens (tertiary/aromatic N) is 1. The van der Waals surface area contributed by atoms with E-state index in [1.807, 2.05) is 42.5 Å². The van der Waals surface area contributed by atoms with Crippen LogP contribution in [0.3, 0.4) is 0 Å². The predicted octanol–water partition coefficient (Wildman–Crippen LogP) is 7.99. The van der Waals surface area contributed by atoms with Crippen LogP contribution in [0.4, 0.5) is 0 Å². The van der Waals surface area contributed by atoms with Crippen molar-refractivity contribution < 1.29 is 14.0 Å². The Morgan fingerprint density at radius 2 is 1.35 bits per heavy atom. The standard InChI is InChI=1S/C27H13Cl2NO3S/c28-21-12-18-19(13-22(21)29)25(32)20(24(18)31)10-17-11-23-27(34-17)30-26(33-23)16-8-6-15(7-9-16)14-4-2-1-3-5-14/h1-13H. The van der Waals surface area contributed by atoms with Gasteiger partial charge < -0.3 is 4.42 Å². The first kappa shape index (κ1) is 21.1. The number of benzene rings is 3. The van der Waals surface area contributed by atoms with E-state index in [9.17, 15) is 9.59 Å². The van der Waals surface area contributed by atoms with Crippen molar-refractivity contribution in [3.05, 3.63) is 104 Å². The molecule has 0 radical (unpaired) electrons. The number of rotatable bonds is 3. The number of hydrogen-bond donors (Lipinski definition) is 0. The molecule has 4 nitrogen and oxygen atoms in total. The number of thiophene rings is 1. The number of hydrogen-bond acceptors (Lipinski definition) is 5. The van der Waals surface area contributed by atoms with Crippen molar-refractivity contribution in [2.75, 3.05) is 0 Å². The maximum atomic E-state index is 12.8. The molecule has 6 rings (SSSR count). The predicted molar refractivity (Wildman–Crippen MR) is 136 cm³/mol. The summed E-state index contributed by atoms with van der Waals surface area (Å²) in [5, 5.41) is 0.481. The SMILES string of the molecule is O=C1C(=Cc2cc3oc(-c4ccc(-c5ccccc5)cc4)nc3s2)C(=O)c2cc(Cl)c(Cl)cc21. The van der Waals surface area contributed by atoms with Crippen molar-refractivity contribution in [2.45, 2.75) is 0 Å². The number of allylic oxidation sites excluding steroid dienone is 1. The Balaban J connectivity index is 1.29. The molecule has 0 saturated carbocycles. The van der Waals surface area contributed by atoms with Crippen LogP contribution in [-0.4, -0.2) is 16.6 Å². The zero-order valence-corrected chi connectivity index (χ0v) is 19.7. The second kappa shape index (κ2) is 8.06. The van der Waals surface area contributed by atoms with E-state index >= 15 is 0 Å². The fourth-order valence-corrected chi connectivity index (χ4v) is 5.20. The zero-order chi connectivity index (χ0) is 23.4. The topological polar surface area (TPSA) is 60.2 Å². The van der Waals surface area contributed by atoms with Gasteiger partial charge in [0.25, 0.3) is 0 Å². The summed E-state index contributed by atoms with van der Waals surface area (Å²) in [7, 11) is 0. The average Bonchev–Trinajstić information content (AvgIpc) is 3.48. The first-order valence-electron chi connectivity index (χ1n) is 10.3. The van der Waals surface area contributed by atoms with Gasteiger partial charge in [-0.2, -0.15) is 4.98 Å². The normalized spacial score (nSPS) is 13.1. The Bertz CT molecular complexity index is 1570. The molecule has 1 aliphatic carbocycles. The Hall–Kier alpha value is -3.51. The monoisotopic (exact) mass is 501 g/mol.